The van der Waals surface area contributed by atoms with Gasteiger partial charge in [0.2, 0.25) is 11.9 Å². The molecule has 1 aromatic heterocycles. The molecule has 2 aliphatic rings. The maximum atomic E-state index is 13.0. The molecule has 0 spiro atoms. The third kappa shape index (κ3) is 2.69. The van der Waals surface area contributed by atoms with Gasteiger partial charge in [-0.05, 0) is 12.8 Å². The summed E-state index contributed by atoms with van der Waals surface area (Å²) in [6.07, 6.45) is 1.42. The third-order valence-corrected chi connectivity index (χ3v) is 4.22. The molecule has 0 bridgehead atoms. The zero-order chi connectivity index (χ0) is 16.0. The van der Waals surface area contributed by atoms with Crippen LogP contribution < -0.4 is 14.8 Å². The van der Waals surface area contributed by atoms with E-state index in [9.17, 15) is 13.6 Å². The molecular weight excluding hydrogens is 308 g/mol. The van der Waals surface area contributed by atoms with Crippen molar-refractivity contribution in [1.82, 2.24) is 9.97 Å². The number of ether oxygens (including phenoxy) is 2. The molecule has 4 rings (SSSR count). The average Bonchev–Trinajstić information content (AvgIpc) is 3.02. The summed E-state index contributed by atoms with van der Waals surface area (Å²) in [5, 5.41) is 2.76. The van der Waals surface area contributed by atoms with Gasteiger partial charge in [-0.15, -0.1) is 8.78 Å². The van der Waals surface area contributed by atoms with Crippen LogP contribution in [0.5, 0.6) is 11.5 Å². The van der Waals surface area contributed by atoms with Crippen molar-refractivity contribution in [2.45, 2.75) is 38.4 Å². The first kappa shape index (κ1) is 14.2. The van der Waals surface area contributed by atoms with Gasteiger partial charge in [0.05, 0.1) is 11.0 Å². The van der Waals surface area contributed by atoms with Gasteiger partial charge in [-0.1, -0.05) is 19.3 Å². The van der Waals surface area contributed by atoms with Crippen LogP contribution in [0, 0.1) is 5.92 Å². The lowest BCUT2D eigenvalue weighted by Crippen LogP contribution is -2.26. The topological polar surface area (TPSA) is 76.2 Å². The van der Waals surface area contributed by atoms with Crippen LogP contribution >= 0.6 is 0 Å². The van der Waals surface area contributed by atoms with Crippen molar-refractivity contribution in [1.29, 1.82) is 0 Å². The second-order valence-corrected chi connectivity index (χ2v) is 5.89. The number of rotatable bonds is 2. The Labute approximate surface area is 130 Å². The van der Waals surface area contributed by atoms with Crippen LogP contribution in [0.15, 0.2) is 12.1 Å². The number of hydrogen-bond donors (Lipinski definition) is 2. The van der Waals surface area contributed by atoms with Crippen LogP contribution in [0.25, 0.3) is 11.0 Å². The Morgan fingerprint density at radius 2 is 1.91 bits per heavy atom. The fraction of sp³-hybridized carbons (Fsp3) is 0.467. The van der Waals surface area contributed by atoms with E-state index in [1.54, 1.807) is 0 Å². The Hall–Kier alpha value is -2.38. The number of aromatic nitrogens is 2. The van der Waals surface area contributed by atoms with Crippen molar-refractivity contribution in [2.75, 3.05) is 5.32 Å². The van der Waals surface area contributed by atoms with Crippen molar-refractivity contribution in [3.63, 3.8) is 0 Å². The molecule has 23 heavy (non-hydrogen) atoms. The molecule has 2 aromatic rings. The number of carbonyl (C=O) groups excluding carboxylic acids is 1. The average molecular weight is 323 g/mol. The maximum absolute atomic E-state index is 13.0. The lowest BCUT2D eigenvalue weighted by atomic mass is 9.89. The van der Waals surface area contributed by atoms with Gasteiger partial charge in [0.15, 0.2) is 11.5 Å². The Morgan fingerprint density at radius 1 is 1.22 bits per heavy atom. The van der Waals surface area contributed by atoms with Crippen LogP contribution in [-0.4, -0.2) is 22.2 Å². The number of nitrogens with one attached hydrogen (secondary N) is 2. The van der Waals surface area contributed by atoms with Crippen LogP contribution in [0.4, 0.5) is 14.7 Å². The highest BCUT2D eigenvalue weighted by Crippen LogP contribution is 2.42. The Kier molecular flexibility index (Phi) is 3.14. The summed E-state index contributed by atoms with van der Waals surface area (Å²) in [5.41, 5.74) is 0.910. The Morgan fingerprint density at radius 3 is 2.65 bits per heavy atom. The van der Waals surface area contributed by atoms with E-state index in [-0.39, 0.29) is 23.3 Å². The normalized spacial score (nSPS) is 19.9. The van der Waals surface area contributed by atoms with E-state index >= 15 is 0 Å². The predicted molar refractivity (Wildman–Crippen MR) is 77.5 cm³/mol. The lowest BCUT2D eigenvalue weighted by molar-refractivity contribution is -0.286. The molecule has 6 nitrogen and oxygen atoms in total. The zero-order valence-corrected chi connectivity index (χ0v) is 12.2. The molecular formula is C15H15F2N3O3. The molecule has 0 saturated heterocycles. The quantitative estimate of drug-likeness (QED) is 0.888. The van der Waals surface area contributed by atoms with E-state index in [0.717, 1.165) is 25.7 Å². The molecule has 1 aliphatic carbocycles. The van der Waals surface area contributed by atoms with Crippen LogP contribution in [0.3, 0.4) is 0 Å². The zero-order valence-electron chi connectivity index (χ0n) is 12.2. The van der Waals surface area contributed by atoms with E-state index in [2.05, 4.69) is 24.8 Å². The molecule has 0 unspecified atom stereocenters. The number of aromatic amines is 1. The number of halogens is 2. The highest BCUT2D eigenvalue weighted by atomic mass is 19.3. The van der Waals surface area contributed by atoms with Gasteiger partial charge in [0.1, 0.15) is 0 Å². The lowest BCUT2D eigenvalue weighted by Gasteiger charge is -2.19. The van der Waals surface area contributed by atoms with E-state index in [1.807, 2.05) is 0 Å². The predicted octanol–water partition coefficient (Wildman–Crippen LogP) is 3.40. The molecule has 1 fully saturated rings. The molecule has 0 atom stereocenters. The van der Waals surface area contributed by atoms with Gasteiger partial charge in [-0.3, -0.25) is 10.1 Å². The fourth-order valence-electron chi connectivity index (χ4n) is 3.10. The van der Waals surface area contributed by atoms with E-state index < -0.39 is 6.29 Å². The summed E-state index contributed by atoms with van der Waals surface area (Å²) in [5.74, 6) is 0.115. The van der Waals surface area contributed by atoms with Crippen molar-refractivity contribution in [2.24, 2.45) is 5.92 Å². The van der Waals surface area contributed by atoms with E-state index in [4.69, 9.17) is 0 Å². The summed E-state index contributed by atoms with van der Waals surface area (Å²) in [7, 11) is 0. The second-order valence-electron chi connectivity index (χ2n) is 5.89. The molecule has 122 valence electrons. The van der Waals surface area contributed by atoms with Gasteiger partial charge in [0.25, 0.3) is 0 Å². The van der Waals surface area contributed by atoms with Gasteiger partial charge >= 0.3 is 6.29 Å². The molecule has 1 aliphatic heterocycles. The first-order valence-corrected chi connectivity index (χ1v) is 7.61. The summed E-state index contributed by atoms with van der Waals surface area (Å²) in [4.78, 5) is 19.3. The number of benzene rings is 1. The number of H-pyrrole nitrogens is 1. The number of anilines is 1. The van der Waals surface area contributed by atoms with Crippen molar-refractivity contribution < 1.29 is 23.0 Å². The van der Waals surface area contributed by atoms with Crippen molar-refractivity contribution in [3.05, 3.63) is 12.1 Å². The summed E-state index contributed by atoms with van der Waals surface area (Å²) < 4.78 is 34.8. The number of carbonyl (C=O) groups is 1. The minimum atomic E-state index is -3.65. The minimum absolute atomic E-state index is 0.00678. The highest BCUT2D eigenvalue weighted by molar-refractivity contribution is 5.93. The number of imidazole rings is 1. The molecule has 2 heterocycles. The van der Waals surface area contributed by atoms with Crippen molar-refractivity contribution in [3.8, 4) is 11.5 Å². The maximum Gasteiger partial charge on any atom is 0.586 e. The number of amides is 1. The Bertz CT molecular complexity index is 724. The number of fused-ring (bicyclic) bond motifs is 2. The molecule has 2 N–H and O–H groups in total. The number of nitrogens with zero attached hydrogens (tertiary/aromatic N) is 1. The molecule has 0 radical (unpaired) electrons. The minimum Gasteiger partial charge on any atom is -0.395 e. The standard InChI is InChI=1S/C15H15F2N3O3/c16-15(17)22-11-6-9-10(7-12(11)23-15)19-14(18-9)20-13(21)8-4-2-1-3-5-8/h6-8H,1-5H2,(H2,18,19,20,21). The Balaban J connectivity index is 1.55. The SMILES string of the molecule is O=C(Nc1nc2cc3c(cc2[nH]1)OC(F)(F)O3)C1CCCCC1. The number of hydrogen-bond acceptors (Lipinski definition) is 4. The monoisotopic (exact) mass is 323 g/mol. The largest absolute Gasteiger partial charge is 0.586 e. The smallest absolute Gasteiger partial charge is 0.395 e. The fourth-order valence-corrected chi connectivity index (χ4v) is 3.10. The van der Waals surface area contributed by atoms with Crippen LogP contribution in [0.2, 0.25) is 0 Å². The van der Waals surface area contributed by atoms with Crippen LogP contribution in [0.1, 0.15) is 32.1 Å². The van der Waals surface area contributed by atoms with E-state index in [1.165, 1.54) is 18.6 Å². The molecule has 1 amide bonds. The second kappa shape index (κ2) is 5.07. The first-order valence-electron chi connectivity index (χ1n) is 7.61. The first-order chi connectivity index (χ1) is 11.0. The summed E-state index contributed by atoms with van der Waals surface area (Å²) in [6, 6.07) is 2.74. The molecule has 1 saturated carbocycles. The van der Waals surface area contributed by atoms with Crippen LogP contribution in [-0.2, 0) is 4.79 Å². The van der Waals surface area contributed by atoms with E-state index in [0.29, 0.717) is 17.0 Å². The van der Waals surface area contributed by atoms with Crippen molar-refractivity contribution >= 4 is 22.9 Å². The van der Waals surface area contributed by atoms with Gasteiger partial charge < -0.3 is 14.5 Å². The highest BCUT2D eigenvalue weighted by Gasteiger charge is 2.43. The van der Waals surface area contributed by atoms with Gasteiger partial charge in [-0.2, -0.15) is 0 Å². The van der Waals surface area contributed by atoms with Gasteiger partial charge in [0, 0.05) is 18.1 Å². The molecule has 1 aromatic carbocycles. The third-order valence-electron chi connectivity index (χ3n) is 4.22. The summed E-state index contributed by atoms with van der Waals surface area (Å²) in [6.45, 7) is 0. The van der Waals surface area contributed by atoms with Gasteiger partial charge in [-0.25, -0.2) is 4.98 Å². The summed E-state index contributed by atoms with van der Waals surface area (Å²) >= 11 is 0. The molecule has 8 heteroatoms. The number of alkyl halides is 2.